The molecule has 1 aliphatic rings. The zero-order chi connectivity index (χ0) is 20.0. The van der Waals surface area contributed by atoms with Gasteiger partial charge in [0, 0.05) is 54.7 Å². The van der Waals surface area contributed by atoms with E-state index in [-0.39, 0.29) is 11.5 Å². The van der Waals surface area contributed by atoms with Crippen LogP contribution in [0.3, 0.4) is 0 Å². The summed E-state index contributed by atoms with van der Waals surface area (Å²) < 4.78 is 2.43. The summed E-state index contributed by atoms with van der Waals surface area (Å²) in [5.41, 5.74) is 4.32. The van der Waals surface area contributed by atoms with E-state index in [0.717, 1.165) is 22.7 Å². The van der Waals surface area contributed by atoms with Crippen LogP contribution in [0, 0.1) is 20.8 Å². The van der Waals surface area contributed by atoms with Gasteiger partial charge in [0.2, 0.25) is 0 Å². The highest BCUT2D eigenvalue weighted by molar-refractivity contribution is 7.19. The second kappa shape index (κ2) is 7.09. The van der Waals surface area contributed by atoms with Crippen molar-refractivity contribution in [1.82, 2.24) is 9.47 Å². The number of anilines is 1. The molecule has 0 radical (unpaired) electrons. The first kappa shape index (κ1) is 18.7. The molecule has 1 saturated heterocycles. The van der Waals surface area contributed by atoms with Gasteiger partial charge in [-0.1, -0.05) is 12.1 Å². The molecule has 2 aromatic heterocycles. The van der Waals surface area contributed by atoms with Crippen molar-refractivity contribution in [3.05, 3.63) is 62.4 Å². The lowest BCUT2D eigenvalue weighted by molar-refractivity contribution is 0.0748. The highest BCUT2D eigenvalue weighted by Gasteiger charge is 2.27. The van der Waals surface area contributed by atoms with Crippen LogP contribution in [0.1, 0.15) is 26.4 Å². The molecule has 3 heterocycles. The highest BCUT2D eigenvalue weighted by Crippen LogP contribution is 2.30. The fraction of sp³-hybridized carbons (Fsp3) is 0.364. The summed E-state index contributed by atoms with van der Waals surface area (Å²) in [6, 6.07) is 8.29. The van der Waals surface area contributed by atoms with Crippen molar-refractivity contribution in [2.45, 2.75) is 20.8 Å². The fourth-order valence-corrected chi connectivity index (χ4v) is 5.01. The van der Waals surface area contributed by atoms with Gasteiger partial charge in [0.25, 0.3) is 11.5 Å². The molecule has 0 atom stereocenters. The molecule has 28 heavy (non-hydrogen) atoms. The monoisotopic (exact) mass is 395 g/mol. The maximum absolute atomic E-state index is 13.3. The van der Waals surface area contributed by atoms with Crippen LogP contribution in [0.15, 0.2) is 35.3 Å². The molecule has 1 fully saturated rings. The SMILES string of the molecule is Cc1cccc(N2CCN(C(=O)c3c(C)sc4ccn(C)c(=O)c34)CC2)c1C. The Bertz CT molecular complexity index is 1120. The summed E-state index contributed by atoms with van der Waals surface area (Å²) in [7, 11) is 1.73. The van der Waals surface area contributed by atoms with Crippen LogP contribution in [0.2, 0.25) is 0 Å². The van der Waals surface area contributed by atoms with Crippen LogP contribution in [0.25, 0.3) is 10.1 Å². The van der Waals surface area contributed by atoms with Crippen LogP contribution in [-0.4, -0.2) is 41.6 Å². The van der Waals surface area contributed by atoms with Crippen molar-refractivity contribution < 1.29 is 4.79 Å². The molecule has 0 bridgehead atoms. The Morgan fingerprint density at radius 3 is 2.46 bits per heavy atom. The minimum Gasteiger partial charge on any atom is -0.368 e. The van der Waals surface area contributed by atoms with Crippen LogP contribution in [0.4, 0.5) is 5.69 Å². The number of fused-ring (bicyclic) bond motifs is 1. The average Bonchev–Trinajstić information content (AvgIpc) is 3.03. The summed E-state index contributed by atoms with van der Waals surface area (Å²) >= 11 is 1.52. The molecule has 5 nitrogen and oxygen atoms in total. The van der Waals surface area contributed by atoms with Gasteiger partial charge in [-0.3, -0.25) is 9.59 Å². The second-order valence-corrected chi connectivity index (χ2v) is 8.76. The van der Waals surface area contributed by atoms with Crippen molar-refractivity contribution in [2.24, 2.45) is 7.05 Å². The molecule has 0 N–H and O–H groups in total. The predicted molar refractivity (Wildman–Crippen MR) is 116 cm³/mol. The molecule has 146 valence electrons. The number of benzene rings is 1. The van der Waals surface area contributed by atoms with Gasteiger partial charge in [-0.2, -0.15) is 0 Å². The lowest BCUT2D eigenvalue weighted by Gasteiger charge is -2.37. The third-order valence-electron chi connectivity index (χ3n) is 5.79. The van der Waals surface area contributed by atoms with Gasteiger partial charge in [-0.25, -0.2) is 0 Å². The van der Waals surface area contributed by atoms with E-state index < -0.39 is 0 Å². The number of nitrogens with zero attached hydrogens (tertiary/aromatic N) is 3. The number of piperazine rings is 1. The van der Waals surface area contributed by atoms with E-state index >= 15 is 0 Å². The minimum atomic E-state index is -0.0979. The summed E-state index contributed by atoms with van der Waals surface area (Å²) in [5, 5.41) is 0.564. The van der Waals surface area contributed by atoms with E-state index in [1.165, 1.54) is 28.2 Å². The van der Waals surface area contributed by atoms with E-state index in [0.29, 0.717) is 24.0 Å². The Labute approximate surface area is 168 Å². The molecule has 6 heteroatoms. The van der Waals surface area contributed by atoms with Gasteiger partial charge in [-0.05, 0) is 44.0 Å². The number of hydrogen-bond donors (Lipinski definition) is 0. The van der Waals surface area contributed by atoms with Crippen molar-refractivity contribution >= 4 is 33.0 Å². The van der Waals surface area contributed by atoms with E-state index in [1.807, 2.05) is 17.9 Å². The molecule has 1 aromatic carbocycles. The van der Waals surface area contributed by atoms with E-state index in [2.05, 4.69) is 36.9 Å². The molecule has 3 aromatic rings. The van der Waals surface area contributed by atoms with Gasteiger partial charge in [0.15, 0.2) is 0 Å². The average molecular weight is 396 g/mol. The number of hydrogen-bond acceptors (Lipinski definition) is 4. The predicted octanol–water partition coefficient (Wildman–Crippen LogP) is 3.49. The molecular formula is C22H25N3O2S. The first-order valence-corrected chi connectivity index (χ1v) is 10.4. The molecular weight excluding hydrogens is 370 g/mol. The number of aromatic nitrogens is 1. The zero-order valence-corrected chi connectivity index (χ0v) is 17.6. The molecule has 0 aliphatic carbocycles. The fourth-order valence-electron chi connectivity index (χ4n) is 3.96. The zero-order valence-electron chi connectivity index (χ0n) is 16.8. The number of aryl methyl sites for hydroxylation is 3. The summed E-state index contributed by atoms with van der Waals surface area (Å²) in [5.74, 6) is -0.0207. The number of rotatable bonds is 2. The largest absolute Gasteiger partial charge is 0.368 e. The van der Waals surface area contributed by atoms with E-state index in [1.54, 1.807) is 17.8 Å². The first-order chi connectivity index (χ1) is 13.4. The Kier molecular flexibility index (Phi) is 4.75. The molecule has 0 saturated carbocycles. The minimum absolute atomic E-state index is 0.0207. The van der Waals surface area contributed by atoms with Crippen molar-refractivity contribution in [1.29, 1.82) is 0 Å². The summed E-state index contributed by atoms with van der Waals surface area (Å²) in [4.78, 5) is 31.1. The number of pyridine rings is 1. The lowest BCUT2D eigenvalue weighted by atomic mass is 10.1. The Balaban J connectivity index is 1.59. The van der Waals surface area contributed by atoms with Crippen LogP contribution >= 0.6 is 11.3 Å². The number of thiophene rings is 1. The van der Waals surface area contributed by atoms with E-state index in [9.17, 15) is 9.59 Å². The van der Waals surface area contributed by atoms with Gasteiger partial charge >= 0.3 is 0 Å². The van der Waals surface area contributed by atoms with Crippen LogP contribution < -0.4 is 10.5 Å². The van der Waals surface area contributed by atoms with Crippen LogP contribution in [-0.2, 0) is 7.05 Å². The molecule has 1 amide bonds. The Morgan fingerprint density at radius 1 is 1.04 bits per heavy atom. The first-order valence-electron chi connectivity index (χ1n) is 9.57. The summed E-state index contributed by atoms with van der Waals surface area (Å²) in [6.45, 7) is 9.14. The number of carbonyl (C=O) groups is 1. The highest BCUT2D eigenvalue weighted by atomic mass is 32.1. The Morgan fingerprint density at radius 2 is 1.75 bits per heavy atom. The van der Waals surface area contributed by atoms with Gasteiger partial charge in [0.1, 0.15) is 0 Å². The van der Waals surface area contributed by atoms with Crippen LogP contribution in [0.5, 0.6) is 0 Å². The quantitative estimate of drug-likeness (QED) is 0.667. The molecule has 0 unspecified atom stereocenters. The maximum Gasteiger partial charge on any atom is 0.259 e. The van der Waals surface area contributed by atoms with Gasteiger partial charge < -0.3 is 14.4 Å². The third kappa shape index (κ3) is 3.02. The van der Waals surface area contributed by atoms with E-state index in [4.69, 9.17) is 0 Å². The topological polar surface area (TPSA) is 45.5 Å². The van der Waals surface area contributed by atoms with Crippen molar-refractivity contribution in [3.63, 3.8) is 0 Å². The molecule has 0 spiro atoms. The van der Waals surface area contributed by atoms with Crippen molar-refractivity contribution in [2.75, 3.05) is 31.1 Å². The smallest absolute Gasteiger partial charge is 0.259 e. The lowest BCUT2D eigenvalue weighted by Crippen LogP contribution is -2.49. The van der Waals surface area contributed by atoms with Gasteiger partial charge in [0.05, 0.1) is 10.9 Å². The second-order valence-electron chi connectivity index (χ2n) is 7.50. The molecule has 1 aliphatic heterocycles. The number of carbonyl (C=O) groups excluding carboxylic acids is 1. The normalized spacial score (nSPS) is 14.7. The number of amides is 1. The standard InChI is InChI=1S/C22H25N3O2S/c1-14-6-5-7-17(15(14)2)24-10-12-25(13-11-24)22(27)19-16(3)28-18-8-9-23(4)21(26)20(18)19/h5-9H,10-13H2,1-4H3. The maximum atomic E-state index is 13.3. The molecule has 4 rings (SSSR count). The summed E-state index contributed by atoms with van der Waals surface area (Å²) in [6.07, 6.45) is 1.76. The van der Waals surface area contributed by atoms with Crippen molar-refractivity contribution in [3.8, 4) is 0 Å². The van der Waals surface area contributed by atoms with Gasteiger partial charge in [-0.15, -0.1) is 11.3 Å². The third-order valence-corrected chi connectivity index (χ3v) is 6.86. The Hall–Kier alpha value is -2.60.